The number of furan rings is 1. The number of fused-ring (bicyclic) bond motifs is 3. The molecule has 0 atom stereocenters. The molecule has 5 nitrogen and oxygen atoms in total. The molecule has 0 amide bonds. The van der Waals surface area contributed by atoms with Gasteiger partial charge >= 0.3 is 0 Å². The molecule has 0 unspecified atom stereocenters. The minimum Gasteiger partial charge on any atom is -0.493 e. The van der Waals surface area contributed by atoms with Crippen molar-refractivity contribution < 1.29 is 9.15 Å². The third-order valence-electron chi connectivity index (χ3n) is 4.16. The number of nitrogen functional groups attached to an aromatic ring is 1. The van der Waals surface area contributed by atoms with Gasteiger partial charge in [0.2, 0.25) is 0 Å². The van der Waals surface area contributed by atoms with Crippen molar-refractivity contribution in [2.45, 2.75) is 0 Å². The van der Waals surface area contributed by atoms with Crippen LogP contribution in [0.2, 0.25) is 0 Å². The fraction of sp³-hybridized carbons (Fsp3) is 0.0526. The number of anilines is 1. The van der Waals surface area contributed by atoms with Crippen LogP contribution in [0.25, 0.3) is 32.4 Å². The fourth-order valence-electron chi connectivity index (χ4n) is 3.07. The van der Waals surface area contributed by atoms with Crippen LogP contribution in [-0.4, -0.2) is 7.11 Å². The zero-order chi connectivity index (χ0) is 17.6. The van der Waals surface area contributed by atoms with E-state index in [0.29, 0.717) is 27.9 Å². The average Bonchev–Trinajstić information content (AvgIpc) is 3.28. The Bertz CT molecular complexity index is 1210. The van der Waals surface area contributed by atoms with E-state index in [4.69, 9.17) is 14.9 Å². The van der Waals surface area contributed by atoms with Crippen molar-refractivity contribution in [3.63, 3.8) is 0 Å². The highest BCUT2D eigenvalue weighted by molar-refractivity contribution is 7.13. The van der Waals surface area contributed by atoms with Crippen molar-refractivity contribution in [3.8, 4) is 28.3 Å². The Balaban J connectivity index is 2.33. The molecule has 2 N–H and O–H groups in total. The summed E-state index contributed by atoms with van der Waals surface area (Å²) in [5.41, 5.74) is 8.48. The van der Waals surface area contributed by atoms with E-state index in [9.17, 15) is 10.5 Å². The molecule has 120 valence electrons. The minimum atomic E-state index is 0.173. The maximum absolute atomic E-state index is 9.65. The second-order valence-corrected chi connectivity index (χ2v) is 6.33. The zero-order valence-corrected chi connectivity index (χ0v) is 14.0. The number of nitrogens with two attached hydrogens (primary N) is 1. The molecular formula is C19H11N3O2S. The number of nitrogens with zero attached hydrogens (tertiary/aromatic N) is 2. The monoisotopic (exact) mass is 345 g/mol. The molecule has 0 radical (unpaired) electrons. The van der Waals surface area contributed by atoms with E-state index in [-0.39, 0.29) is 16.8 Å². The van der Waals surface area contributed by atoms with Crippen LogP contribution in [0.15, 0.2) is 40.1 Å². The summed E-state index contributed by atoms with van der Waals surface area (Å²) < 4.78 is 11.5. The maximum Gasteiger partial charge on any atom is 0.177 e. The number of rotatable bonds is 2. The zero-order valence-electron chi connectivity index (χ0n) is 13.2. The molecule has 0 aliphatic rings. The van der Waals surface area contributed by atoms with Gasteiger partial charge in [0, 0.05) is 15.6 Å². The summed E-state index contributed by atoms with van der Waals surface area (Å²) in [4.78, 5) is 0.857. The molecule has 4 aromatic rings. The highest BCUT2D eigenvalue weighted by atomic mass is 32.1. The van der Waals surface area contributed by atoms with Gasteiger partial charge < -0.3 is 14.9 Å². The number of nitriles is 2. The van der Waals surface area contributed by atoms with Crippen molar-refractivity contribution in [2.75, 3.05) is 12.8 Å². The summed E-state index contributed by atoms with van der Waals surface area (Å²) in [5.74, 6) is 0.562. The Morgan fingerprint density at radius 1 is 1.08 bits per heavy atom. The number of hydrogen-bond donors (Lipinski definition) is 1. The van der Waals surface area contributed by atoms with Crippen LogP contribution in [0, 0.1) is 22.7 Å². The lowest BCUT2D eigenvalue weighted by Gasteiger charge is -2.08. The summed E-state index contributed by atoms with van der Waals surface area (Å²) in [6, 6.07) is 13.5. The van der Waals surface area contributed by atoms with E-state index in [2.05, 4.69) is 12.1 Å². The minimum absolute atomic E-state index is 0.173. The number of ether oxygens (including phenoxy) is 1. The second kappa shape index (κ2) is 5.55. The number of benzene rings is 2. The molecule has 0 saturated carbocycles. The van der Waals surface area contributed by atoms with Crippen LogP contribution in [0.4, 0.5) is 5.69 Å². The lowest BCUT2D eigenvalue weighted by molar-refractivity contribution is 0.412. The largest absolute Gasteiger partial charge is 0.493 e. The number of thiophene rings is 1. The van der Waals surface area contributed by atoms with Crippen LogP contribution in [0.5, 0.6) is 5.75 Å². The van der Waals surface area contributed by atoms with E-state index in [1.807, 2.05) is 29.6 Å². The van der Waals surface area contributed by atoms with Crippen LogP contribution in [-0.2, 0) is 0 Å². The van der Waals surface area contributed by atoms with Crippen molar-refractivity contribution in [1.29, 1.82) is 10.5 Å². The molecule has 2 aromatic heterocycles. The molecule has 0 aliphatic carbocycles. The van der Waals surface area contributed by atoms with Gasteiger partial charge in [-0.2, -0.15) is 10.5 Å². The highest BCUT2D eigenvalue weighted by Crippen LogP contribution is 2.45. The van der Waals surface area contributed by atoms with Gasteiger partial charge in [0.25, 0.3) is 0 Å². The van der Waals surface area contributed by atoms with Gasteiger partial charge in [-0.05, 0) is 17.5 Å². The Morgan fingerprint density at radius 3 is 2.52 bits per heavy atom. The average molecular weight is 345 g/mol. The van der Waals surface area contributed by atoms with E-state index < -0.39 is 0 Å². The van der Waals surface area contributed by atoms with E-state index in [1.165, 1.54) is 11.3 Å². The van der Waals surface area contributed by atoms with Crippen molar-refractivity contribution in [1.82, 2.24) is 0 Å². The summed E-state index contributed by atoms with van der Waals surface area (Å²) >= 11 is 1.48. The van der Waals surface area contributed by atoms with Gasteiger partial charge in [0.1, 0.15) is 17.7 Å². The van der Waals surface area contributed by atoms with Gasteiger partial charge in [-0.25, -0.2) is 0 Å². The van der Waals surface area contributed by atoms with Gasteiger partial charge in [-0.15, -0.1) is 11.3 Å². The number of methoxy groups -OCH3 is 1. The van der Waals surface area contributed by atoms with E-state index >= 15 is 0 Å². The predicted molar refractivity (Wildman–Crippen MR) is 97.4 cm³/mol. The number of hydrogen-bond acceptors (Lipinski definition) is 6. The van der Waals surface area contributed by atoms with Crippen LogP contribution >= 0.6 is 11.3 Å². The van der Waals surface area contributed by atoms with Crippen LogP contribution in [0.1, 0.15) is 11.1 Å². The summed E-state index contributed by atoms with van der Waals surface area (Å²) in [6.07, 6.45) is 0. The summed E-state index contributed by atoms with van der Waals surface area (Å²) in [5, 5.41) is 22.6. The third-order valence-corrected chi connectivity index (χ3v) is 5.04. The third kappa shape index (κ3) is 1.99. The molecular weight excluding hydrogens is 334 g/mol. The van der Waals surface area contributed by atoms with E-state index in [1.54, 1.807) is 13.2 Å². The first-order chi connectivity index (χ1) is 12.2. The first kappa shape index (κ1) is 15.1. The molecule has 25 heavy (non-hydrogen) atoms. The molecule has 2 heterocycles. The molecule has 0 fully saturated rings. The highest BCUT2D eigenvalue weighted by Gasteiger charge is 2.25. The van der Waals surface area contributed by atoms with Gasteiger partial charge in [-0.1, -0.05) is 18.2 Å². The fourth-order valence-corrected chi connectivity index (χ4v) is 3.85. The molecule has 6 heteroatoms. The Labute approximate surface area is 147 Å². The lowest BCUT2D eigenvalue weighted by atomic mass is 9.95. The Morgan fingerprint density at radius 2 is 1.88 bits per heavy atom. The molecule has 0 aliphatic heterocycles. The second-order valence-electron chi connectivity index (χ2n) is 5.38. The smallest absolute Gasteiger partial charge is 0.177 e. The first-order valence-corrected chi connectivity index (χ1v) is 8.28. The van der Waals surface area contributed by atoms with Gasteiger partial charge in [-0.3, -0.25) is 0 Å². The SMILES string of the molecule is COc1cccc2c1oc1c(-c3cccs3)c(C#N)c(N)c(C#N)c12. The summed E-state index contributed by atoms with van der Waals surface area (Å²) in [6.45, 7) is 0. The standard InChI is InChI=1S/C19H11N3O2S/c1-23-13-5-2-4-10-15-11(8-20)17(22)12(9-21)16(14-6-3-7-25-14)19(15)24-18(10)13/h2-7H,22H2,1H3. The Kier molecular flexibility index (Phi) is 3.35. The topological polar surface area (TPSA) is 96.0 Å². The van der Waals surface area contributed by atoms with Gasteiger partial charge in [0.15, 0.2) is 11.3 Å². The molecule has 2 aromatic carbocycles. The first-order valence-electron chi connectivity index (χ1n) is 7.40. The molecule has 4 rings (SSSR count). The van der Waals surface area contributed by atoms with Crippen LogP contribution < -0.4 is 10.5 Å². The Hall–Kier alpha value is -3.48. The summed E-state index contributed by atoms with van der Waals surface area (Å²) in [7, 11) is 1.56. The molecule has 0 bridgehead atoms. The normalized spacial score (nSPS) is 10.7. The van der Waals surface area contributed by atoms with Crippen molar-refractivity contribution in [3.05, 3.63) is 46.8 Å². The number of para-hydroxylation sites is 1. The van der Waals surface area contributed by atoms with Crippen LogP contribution in [0.3, 0.4) is 0 Å². The maximum atomic E-state index is 9.65. The molecule has 0 saturated heterocycles. The van der Waals surface area contributed by atoms with Crippen molar-refractivity contribution >= 4 is 39.0 Å². The van der Waals surface area contributed by atoms with Gasteiger partial charge in [0.05, 0.1) is 29.5 Å². The van der Waals surface area contributed by atoms with E-state index in [0.717, 1.165) is 10.3 Å². The lowest BCUT2D eigenvalue weighted by Crippen LogP contribution is -1.98. The molecule has 0 spiro atoms. The quantitative estimate of drug-likeness (QED) is 0.533. The van der Waals surface area contributed by atoms with Crippen molar-refractivity contribution in [2.24, 2.45) is 0 Å². The predicted octanol–water partition coefficient (Wildman–Crippen LogP) is 4.65.